The predicted octanol–water partition coefficient (Wildman–Crippen LogP) is 3.24. The number of thiophene rings is 1. The minimum Gasteiger partial charge on any atom is -0.396 e. The summed E-state index contributed by atoms with van der Waals surface area (Å²) in [6, 6.07) is 0. The van der Waals surface area contributed by atoms with E-state index in [2.05, 4.69) is 5.32 Å². The van der Waals surface area contributed by atoms with Crippen molar-refractivity contribution >= 4 is 28.8 Å². The molecule has 1 rings (SSSR count). The van der Waals surface area contributed by atoms with Crippen LogP contribution in [-0.2, 0) is 0 Å². The highest BCUT2D eigenvalue weighted by molar-refractivity contribution is 7.13. The molecule has 102 valence electrons. The number of aliphatic hydroxyl groups is 1. The second-order valence-corrected chi connectivity index (χ2v) is 5.87. The predicted molar refractivity (Wildman–Crippen MR) is 76.5 cm³/mol. The van der Waals surface area contributed by atoms with Gasteiger partial charge in [0, 0.05) is 12.0 Å². The first-order valence-electron chi connectivity index (χ1n) is 6.12. The standard InChI is InChI=1S/C13H20ClNO2S/c1-4-13(5-2,8-16)7-15-12(17)11-10(14)9(3)6-18-11/h6,16H,4-5,7-8H2,1-3H3,(H,15,17). The summed E-state index contributed by atoms with van der Waals surface area (Å²) < 4.78 is 0. The third kappa shape index (κ3) is 3.25. The largest absolute Gasteiger partial charge is 0.396 e. The molecule has 0 saturated carbocycles. The van der Waals surface area contributed by atoms with Gasteiger partial charge in [-0.25, -0.2) is 0 Å². The molecule has 0 spiro atoms. The highest BCUT2D eigenvalue weighted by atomic mass is 35.5. The summed E-state index contributed by atoms with van der Waals surface area (Å²) in [5.41, 5.74) is 0.695. The van der Waals surface area contributed by atoms with Crippen LogP contribution in [0.2, 0.25) is 5.02 Å². The zero-order valence-electron chi connectivity index (χ0n) is 11.0. The van der Waals surface area contributed by atoms with Crippen molar-refractivity contribution in [1.29, 1.82) is 0 Å². The molecule has 0 saturated heterocycles. The first-order valence-corrected chi connectivity index (χ1v) is 7.38. The van der Waals surface area contributed by atoms with Crippen LogP contribution in [0.4, 0.5) is 0 Å². The van der Waals surface area contributed by atoms with E-state index in [1.807, 2.05) is 26.2 Å². The smallest absolute Gasteiger partial charge is 0.262 e. The van der Waals surface area contributed by atoms with Gasteiger partial charge in [0.15, 0.2) is 0 Å². The lowest BCUT2D eigenvalue weighted by atomic mass is 9.83. The fourth-order valence-corrected chi connectivity index (χ4v) is 2.91. The second kappa shape index (κ2) is 6.55. The van der Waals surface area contributed by atoms with Crippen LogP contribution in [0.5, 0.6) is 0 Å². The van der Waals surface area contributed by atoms with Crippen molar-refractivity contribution in [2.24, 2.45) is 5.41 Å². The van der Waals surface area contributed by atoms with Crippen molar-refractivity contribution in [1.82, 2.24) is 5.32 Å². The van der Waals surface area contributed by atoms with E-state index >= 15 is 0 Å². The number of carbonyl (C=O) groups excluding carboxylic acids is 1. The molecule has 1 aromatic heterocycles. The number of halogens is 1. The Labute approximate surface area is 117 Å². The van der Waals surface area contributed by atoms with Crippen molar-refractivity contribution in [2.45, 2.75) is 33.6 Å². The van der Waals surface area contributed by atoms with Gasteiger partial charge >= 0.3 is 0 Å². The van der Waals surface area contributed by atoms with Gasteiger partial charge < -0.3 is 10.4 Å². The maximum absolute atomic E-state index is 12.0. The van der Waals surface area contributed by atoms with Gasteiger partial charge in [0.1, 0.15) is 4.88 Å². The summed E-state index contributed by atoms with van der Waals surface area (Å²) in [7, 11) is 0. The fourth-order valence-electron chi connectivity index (χ4n) is 1.71. The molecule has 0 aromatic carbocycles. The lowest BCUT2D eigenvalue weighted by Crippen LogP contribution is -2.39. The van der Waals surface area contributed by atoms with E-state index in [-0.39, 0.29) is 17.9 Å². The molecule has 0 fully saturated rings. The summed E-state index contributed by atoms with van der Waals surface area (Å²) in [4.78, 5) is 12.6. The van der Waals surface area contributed by atoms with Crippen LogP contribution in [-0.4, -0.2) is 24.2 Å². The molecule has 0 atom stereocenters. The number of rotatable bonds is 6. The molecule has 1 amide bonds. The summed E-state index contributed by atoms with van der Waals surface area (Å²) >= 11 is 7.41. The first kappa shape index (κ1) is 15.5. The molecular formula is C13H20ClNO2S. The van der Waals surface area contributed by atoms with Crippen LogP contribution in [0.15, 0.2) is 5.38 Å². The summed E-state index contributed by atoms with van der Waals surface area (Å²) in [6.45, 7) is 6.48. The van der Waals surface area contributed by atoms with Gasteiger partial charge in [-0.05, 0) is 30.7 Å². The van der Waals surface area contributed by atoms with E-state index in [4.69, 9.17) is 11.6 Å². The van der Waals surface area contributed by atoms with Gasteiger partial charge in [-0.15, -0.1) is 11.3 Å². The fraction of sp³-hybridized carbons (Fsp3) is 0.615. The molecule has 18 heavy (non-hydrogen) atoms. The Morgan fingerprint density at radius 1 is 1.50 bits per heavy atom. The summed E-state index contributed by atoms with van der Waals surface area (Å²) in [6.07, 6.45) is 1.66. The molecular weight excluding hydrogens is 270 g/mol. The normalized spacial score (nSPS) is 11.6. The van der Waals surface area contributed by atoms with E-state index in [0.717, 1.165) is 18.4 Å². The van der Waals surface area contributed by atoms with Crippen LogP contribution in [0.3, 0.4) is 0 Å². The van der Waals surface area contributed by atoms with Crippen molar-refractivity contribution in [3.63, 3.8) is 0 Å². The molecule has 0 aliphatic rings. The zero-order chi connectivity index (χ0) is 13.8. The van der Waals surface area contributed by atoms with Gasteiger partial charge in [-0.2, -0.15) is 0 Å². The lowest BCUT2D eigenvalue weighted by Gasteiger charge is -2.29. The number of hydrogen-bond donors (Lipinski definition) is 2. The maximum Gasteiger partial charge on any atom is 0.262 e. The van der Waals surface area contributed by atoms with Crippen molar-refractivity contribution in [3.8, 4) is 0 Å². The van der Waals surface area contributed by atoms with Crippen molar-refractivity contribution in [3.05, 3.63) is 20.8 Å². The van der Waals surface area contributed by atoms with Crippen LogP contribution < -0.4 is 5.32 Å². The quantitative estimate of drug-likeness (QED) is 0.845. The van der Waals surface area contributed by atoms with E-state index in [1.54, 1.807) is 0 Å². The number of amides is 1. The Balaban J connectivity index is 2.69. The molecule has 0 aliphatic heterocycles. The molecule has 1 aromatic rings. The Kier molecular flexibility index (Phi) is 5.63. The maximum atomic E-state index is 12.0. The highest BCUT2D eigenvalue weighted by Crippen LogP contribution is 2.28. The van der Waals surface area contributed by atoms with Crippen LogP contribution in [0.25, 0.3) is 0 Å². The monoisotopic (exact) mass is 289 g/mol. The molecule has 0 radical (unpaired) electrons. The number of hydrogen-bond acceptors (Lipinski definition) is 3. The van der Waals surface area contributed by atoms with Gasteiger partial charge in [0.25, 0.3) is 5.91 Å². The minimum absolute atomic E-state index is 0.0808. The van der Waals surface area contributed by atoms with Gasteiger partial charge in [-0.3, -0.25) is 4.79 Å². The summed E-state index contributed by atoms with van der Waals surface area (Å²) in [5.74, 6) is -0.155. The molecule has 0 bridgehead atoms. The SMILES string of the molecule is CCC(CC)(CO)CNC(=O)c1scc(C)c1Cl. The van der Waals surface area contributed by atoms with E-state index in [0.29, 0.717) is 16.4 Å². The van der Waals surface area contributed by atoms with Crippen molar-refractivity contribution < 1.29 is 9.90 Å². The molecule has 0 aliphatic carbocycles. The molecule has 1 heterocycles. The third-order valence-electron chi connectivity index (χ3n) is 3.56. The molecule has 0 unspecified atom stereocenters. The minimum atomic E-state index is -0.228. The second-order valence-electron chi connectivity index (χ2n) is 4.61. The molecule has 5 heteroatoms. The van der Waals surface area contributed by atoms with E-state index < -0.39 is 0 Å². The lowest BCUT2D eigenvalue weighted by molar-refractivity contribution is 0.0854. The Bertz CT molecular complexity index is 405. The number of aryl methyl sites for hydroxylation is 1. The summed E-state index contributed by atoms with van der Waals surface area (Å²) in [5, 5.41) is 14.7. The zero-order valence-corrected chi connectivity index (χ0v) is 12.6. The van der Waals surface area contributed by atoms with E-state index in [9.17, 15) is 9.90 Å². The topological polar surface area (TPSA) is 49.3 Å². The average Bonchev–Trinajstić information content (AvgIpc) is 2.72. The van der Waals surface area contributed by atoms with Crippen molar-refractivity contribution in [2.75, 3.05) is 13.2 Å². The Morgan fingerprint density at radius 2 is 2.11 bits per heavy atom. The van der Waals surface area contributed by atoms with Crippen LogP contribution in [0, 0.1) is 12.3 Å². The van der Waals surface area contributed by atoms with Gasteiger partial charge in [0.2, 0.25) is 0 Å². The van der Waals surface area contributed by atoms with E-state index in [1.165, 1.54) is 11.3 Å². The number of carbonyl (C=O) groups is 1. The number of aliphatic hydroxyl groups excluding tert-OH is 1. The third-order valence-corrected chi connectivity index (χ3v) is 5.26. The average molecular weight is 290 g/mol. The van der Waals surface area contributed by atoms with Crippen LogP contribution in [0.1, 0.15) is 41.9 Å². The highest BCUT2D eigenvalue weighted by Gasteiger charge is 2.26. The molecule has 3 nitrogen and oxygen atoms in total. The van der Waals surface area contributed by atoms with Crippen LogP contribution >= 0.6 is 22.9 Å². The number of nitrogens with one attached hydrogen (secondary N) is 1. The first-order chi connectivity index (χ1) is 8.49. The Hall–Kier alpha value is -0.580. The van der Waals surface area contributed by atoms with Gasteiger partial charge in [-0.1, -0.05) is 25.4 Å². The van der Waals surface area contributed by atoms with Gasteiger partial charge in [0.05, 0.1) is 11.6 Å². The Morgan fingerprint density at radius 3 is 2.50 bits per heavy atom. The molecule has 2 N–H and O–H groups in total.